The summed E-state index contributed by atoms with van der Waals surface area (Å²) in [6.45, 7) is 5.96. The minimum Gasteiger partial charge on any atom is -0.486 e. The highest BCUT2D eigenvalue weighted by atomic mass is 16.6. The number of nitrogens with one attached hydrogen (secondary N) is 1. The quantitative estimate of drug-likeness (QED) is 0.482. The number of aryl methyl sites for hydroxylation is 3. The fraction of sp³-hybridized carbons (Fsp3) is 0.300. The zero-order valence-electron chi connectivity index (χ0n) is 16.7. The smallest absolute Gasteiger partial charge is 0.287 e. The van der Waals surface area contributed by atoms with Crippen molar-refractivity contribution in [2.45, 2.75) is 33.9 Å². The number of amides is 1. The van der Waals surface area contributed by atoms with E-state index < -0.39 is 4.92 Å². The number of nitrogens with zero attached hydrogens (tertiary/aromatic N) is 3. The SMILES string of the molecule is Cc1cc(OCc2ccc(C(=O)NCc3c(C)nn(C)c3C)o2)ccc1[N+](=O)[O-]. The molecule has 0 saturated heterocycles. The van der Waals surface area contributed by atoms with Crippen LogP contribution in [0.5, 0.6) is 5.75 Å². The lowest BCUT2D eigenvalue weighted by molar-refractivity contribution is -0.385. The van der Waals surface area contributed by atoms with E-state index >= 15 is 0 Å². The molecule has 3 rings (SSSR count). The van der Waals surface area contributed by atoms with Gasteiger partial charge in [0.1, 0.15) is 18.1 Å². The highest BCUT2D eigenvalue weighted by Crippen LogP contribution is 2.24. The van der Waals surface area contributed by atoms with Crippen LogP contribution in [0.25, 0.3) is 0 Å². The Morgan fingerprint density at radius 3 is 2.66 bits per heavy atom. The van der Waals surface area contributed by atoms with Crippen molar-refractivity contribution >= 4 is 11.6 Å². The van der Waals surface area contributed by atoms with E-state index in [4.69, 9.17) is 9.15 Å². The summed E-state index contributed by atoms with van der Waals surface area (Å²) in [5.41, 5.74) is 3.39. The van der Waals surface area contributed by atoms with Crippen LogP contribution >= 0.6 is 0 Å². The molecule has 1 N–H and O–H groups in total. The molecule has 9 heteroatoms. The van der Waals surface area contributed by atoms with Gasteiger partial charge in [-0.1, -0.05) is 0 Å². The van der Waals surface area contributed by atoms with Gasteiger partial charge in [0.15, 0.2) is 5.76 Å². The summed E-state index contributed by atoms with van der Waals surface area (Å²) in [5.74, 6) is 0.811. The number of hydrogen-bond donors (Lipinski definition) is 1. The van der Waals surface area contributed by atoms with Crippen LogP contribution in [-0.2, 0) is 20.2 Å². The Bertz CT molecular complexity index is 1070. The second-order valence-electron chi connectivity index (χ2n) is 6.72. The van der Waals surface area contributed by atoms with Gasteiger partial charge in [0, 0.05) is 36.5 Å². The molecule has 3 aromatic rings. The number of nitro groups is 1. The van der Waals surface area contributed by atoms with Gasteiger partial charge < -0.3 is 14.5 Å². The maximum Gasteiger partial charge on any atom is 0.287 e. The number of aromatic nitrogens is 2. The fourth-order valence-electron chi connectivity index (χ4n) is 2.98. The van der Waals surface area contributed by atoms with E-state index in [0.717, 1.165) is 17.0 Å². The molecule has 0 saturated carbocycles. The number of nitro benzene ring substituents is 1. The average Bonchev–Trinajstić information content (AvgIpc) is 3.23. The van der Waals surface area contributed by atoms with Gasteiger partial charge >= 0.3 is 0 Å². The van der Waals surface area contributed by atoms with Crippen LogP contribution in [-0.4, -0.2) is 20.6 Å². The molecule has 0 atom stereocenters. The predicted molar refractivity (Wildman–Crippen MR) is 105 cm³/mol. The third kappa shape index (κ3) is 4.45. The van der Waals surface area contributed by atoms with Gasteiger partial charge in [-0.15, -0.1) is 0 Å². The summed E-state index contributed by atoms with van der Waals surface area (Å²) in [4.78, 5) is 22.8. The first-order valence-electron chi connectivity index (χ1n) is 9.00. The van der Waals surface area contributed by atoms with Gasteiger partial charge in [-0.2, -0.15) is 5.10 Å². The molecule has 29 heavy (non-hydrogen) atoms. The summed E-state index contributed by atoms with van der Waals surface area (Å²) in [6, 6.07) is 7.76. The molecule has 0 bridgehead atoms. The highest BCUT2D eigenvalue weighted by Gasteiger charge is 2.15. The Kier molecular flexibility index (Phi) is 5.67. The number of hydrogen-bond acceptors (Lipinski definition) is 6. The topological polar surface area (TPSA) is 112 Å². The monoisotopic (exact) mass is 398 g/mol. The van der Waals surface area contributed by atoms with Crippen molar-refractivity contribution < 1.29 is 18.9 Å². The van der Waals surface area contributed by atoms with Crippen molar-refractivity contribution in [2.75, 3.05) is 0 Å². The minimum absolute atomic E-state index is 0.0356. The van der Waals surface area contributed by atoms with E-state index in [1.807, 2.05) is 20.9 Å². The van der Waals surface area contributed by atoms with Gasteiger partial charge in [0.05, 0.1) is 10.6 Å². The van der Waals surface area contributed by atoms with Gasteiger partial charge in [0.25, 0.3) is 11.6 Å². The van der Waals surface area contributed by atoms with Crippen molar-refractivity contribution in [3.63, 3.8) is 0 Å². The van der Waals surface area contributed by atoms with E-state index in [1.54, 1.807) is 29.8 Å². The number of rotatable bonds is 7. The van der Waals surface area contributed by atoms with Crippen LogP contribution < -0.4 is 10.1 Å². The van der Waals surface area contributed by atoms with Gasteiger partial charge in [-0.3, -0.25) is 19.6 Å². The number of furan rings is 1. The molecule has 1 amide bonds. The van der Waals surface area contributed by atoms with Crippen LogP contribution in [0, 0.1) is 30.9 Å². The summed E-state index contributed by atoms with van der Waals surface area (Å²) in [6.07, 6.45) is 0. The van der Waals surface area contributed by atoms with Gasteiger partial charge in [0.2, 0.25) is 0 Å². The molecular weight excluding hydrogens is 376 g/mol. The maximum absolute atomic E-state index is 12.3. The Labute approximate surface area is 167 Å². The van der Waals surface area contributed by atoms with E-state index in [2.05, 4.69) is 10.4 Å². The molecule has 2 heterocycles. The largest absolute Gasteiger partial charge is 0.486 e. The molecule has 152 valence electrons. The summed E-state index contributed by atoms with van der Waals surface area (Å²) in [5, 5.41) is 18.0. The molecule has 0 aliphatic heterocycles. The lowest BCUT2D eigenvalue weighted by Crippen LogP contribution is -2.23. The van der Waals surface area contributed by atoms with Crippen molar-refractivity contribution in [1.82, 2.24) is 15.1 Å². The molecule has 0 radical (unpaired) electrons. The third-order valence-electron chi connectivity index (χ3n) is 4.72. The first kappa shape index (κ1) is 20.1. The standard InChI is InChI=1S/C20H22N4O5/c1-12-9-15(5-7-18(12)24(26)27)28-11-16-6-8-19(29-16)20(25)21-10-17-13(2)22-23(4)14(17)3/h5-9H,10-11H2,1-4H3,(H,21,25). The van der Waals surface area contributed by atoms with Crippen LogP contribution in [0.15, 0.2) is 34.7 Å². The van der Waals surface area contributed by atoms with Crippen LogP contribution in [0.3, 0.4) is 0 Å². The van der Waals surface area contributed by atoms with Crippen molar-refractivity contribution in [3.05, 3.63) is 74.5 Å². The van der Waals surface area contributed by atoms with Crippen molar-refractivity contribution in [3.8, 4) is 5.75 Å². The van der Waals surface area contributed by atoms with Gasteiger partial charge in [-0.25, -0.2) is 0 Å². The summed E-state index contributed by atoms with van der Waals surface area (Å²) >= 11 is 0. The molecular formula is C20H22N4O5. The van der Waals surface area contributed by atoms with Crippen molar-refractivity contribution in [1.29, 1.82) is 0 Å². The molecule has 1 aromatic carbocycles. The minimum atomic E-state index is -0.439. The van der Waals surface area contributed by atoms with Crippen LogP contribution in [0.2, 0.25) is 0 Å². The Hall–Kier alpha value is -3.62. The average molecular weight is 398 g/mol. The Balaban J connectivity index is 1.58. The molecule has 0 aliphatic carbocycles. The molecule has 0 spiro atoms. The van der Waals surface area contributed by atoms with Gasteiger partial charge in [-0.05, 0) is 45.0 Å². The lowest BCUT2D eigenvalue weighted by atomic mass is 10.2. The zero-order valence-corrected chi connectivity index (χ0v) is 16.7. The number of ether oxygens (including phenoxy) is 1. The predicted octanol–water partition coefficient (Wildman–Crippen LogP) is 3.36. The molecule has 0 aliphatic rings. The third-order valence-corrected chi connectivity index (χ3v) is 4.72. The van der Waals surface area contributed by atoms with E-state index in [9.17, 15) is 14.9 Å². The zero-order chi connectivity index (χ0) is 21.1. The molecule has 9 nitrogen and oxygen atoms in total. The molecule has 0 unspecified atom stereocenters. The van der Waals surface area contributed by atoms with Crippen LogP contribution in [0.4, 0.5) is 5.69 Å². The summed E-state index contributed by atoms with van der Waals surface area (Å²) in [7, 11) is 1.86. The van der Waals surface area contributed by atoms with Crippen LogP contribution in [0.1, 0.15) is 38.8 Å². The number of benzene rings is 1. The molecule has 2 aromatic heterocycles. The fourth-order valence-corrected chi connectivity index (χ4v) is 2.98. The van der Waals surface area contributed by atoms with Crippen molar-refractivity contribution in [2.24, 2.45) is 7.05 Å². The Morgan fingerprint density at radius 1 is 1.28 bits per heavy atom. The van der Waals surface area contributed by atoms with E-state index in [1.165, 1.54) is 12.1 Å². The first-order valence-corrected chi connectivity index (χ1v) is 9.00. The normalized spacial score (nSPS) is 10.8. The summed E-state index contributed by atoms with van der Waals surface area (Å²) < 4.78 is 12.9. The second-order valence-corrected chi connectivity index (χ2v) is 6.72. The highest BCUT2D eigenvalue weighted by molar-refractivity contribution is 5.91. The number of carbonyl (C=O) groups excluding carboxylic acids is 1. The number of carbonyl (C=O) groups is 1. The van der Waals surface area contributed by atoms with E-state index in [-0.39, 0.29) is 24.0 Å². The van der Waals surface area contributed by atoms with E-state index in [0.29, 0.717) is 23.6 Å². The molecule has 0 fully saturated rings. The maximum atomic E-state index is 12.3. The lowest BCUT2D eigenvalue weighted by Gasteiger charge is -2.06. The first-order chi connectivity index (χ1) is 13.8. The second kappa shape index (κ2) is 8.17. The Morgan fingerprint density at radius 2 is 2.03 bits per heavy atom.